The molecule has 3 aliphatic heterocycles. The van der Waals surface area contributed by atoms with Crippen molar-refractivity contribution in [3.05, 3.63) is 18.0 Å². The highest BCUT2D eigenvalue weighted by molar-refractivity contribution is 5.37. The van der Waals surface area contributed by atoms with Crippen LogP contribution in [0.3, 0.4) is 0 Å². The maximum atomic E-state index is 4.80. The summed E-state index contributed by atoms with van der Waals surface area (Å²) in [5.41, 5.74) is 1.25. The Kier molecular flexibility index (Phi) is 7.04. The molecule has 1 aromatic rings. The second-order valence-corrected chi connectivity index (χ2v) is 9.74. The molecular weight excluding hydrogens is 360 g/mol. The molecule has 2 atom stereocenters. The summed E-state index contributed by atoms with van der Waals surface area (Å²) >= 11 is 0. The number of likely N-dealkylation sites (tertiary alicyclic amines) is 1. The first-order valence-corrected chi connectivity index (χ1v) is 11.9. The molecule has 4 rings (SSSR count). The quantitative estimate of drug-likeness (QED) is 0.668. The lowest BCUT2D eigenvalue weighted by Crippen LogP contribution is -2.54. The Balaban J connectivity index is 1.27. The summed E-state index contributed by atoms with van der Waals surface area (Å²) in [6.45, 7) is 17.4. The van der Waals surface area contributed by atoms with Crippen molar-refractivity contribution in [2.24, 2.45) is 5.92 Å². The zero-order valence-corrected chi connectivity index (χ0v) is 18.8. The van der Waals surface area contributed by atoms with Crippen molar-refractivity contribution in [1.29, 1.82) is 0 Å². The Morgan fingerprint density at radius 2 is 1.52 bits per heavy atom. The van der Waals surface area contributed by atoms with Crippen LogP contribution in [0.2, 0.25) is 0 Å². The first-order valence-electron chi connectivity index (χ1n) is 11.9. The molecule has 0 saturated carbocycles. The Labute approximate surface area is 177 Å². The van der Waals surface area contributed by atoms with E-state index < -0.39 is 0 Å². The second-order valence-electron chi connectivity index (χ2n) is 9.74. The molecule has 4 heterocycles. The third-order valence-corrected chi connectivity index (χ3v) is 6.91. The van der Waals surface area contributed by atoms with Gasteiger partial charge in [-0.15, -0.1) is 0 Å². The van der Waals surface area contributed by atoms with Crippen LogP contribution < -0.4 is 4.90 Å². The third kappa shape index (κ3) is 5.28. The minimum Gasteiger partial charge on any atom is -0.332 e. The summed E-state index contributed by atoms with van der Waals surface area (Å²) in [6, 6.07) is 1.20. The van der Waals surface area contributed by atoms with Crippen LogP contribution in [-0.4, -0.2) is 89.1 Å². The van der Waals surface area contributed by atoms with Crippen molar-refractivity contribution in [2.75, 3.05) is 57.3 Å². The molecular formula is C23H40N6. The van der Waals surface area contributed by atoms with Crippen molar-refractivity contribution in [3.8, 4) is 0 Å². The van der Waals surface area contributed by atoms with Gasteiger partial charge in [0.2, 0.25) is 5.95 Å². The van der Waals surface area contributed by atoms with Crippen LogP contribution in [-0.2, 0) is 6.54 Å². The highest BCUT2D eigenvalue weighted by atomic mass is 15.4. The van der Waals surface area contributed by atoms with Crippen LogP contribution in [0.5, 0.6) is 0 Å². The molecule has 3 saturated heterocycles. The van der Waals surface area contributed by atoms with Gasteiger partial charge in [-0.05, 0) is 44.7 Å². The minimum absolute atomic E-state index is 0.602. The van der Waals surface area contributed by atoms with Crippen LogP contribution in [0.1, 0.15) is 52.0 Å². The van der Waals surface area contributed by atoms with Gasteiger partial charge >= 0.3 is 0 Å². The maximum absolute atomic E-state index is 4.80. The number of nitrogens with zero attached hydrogens (tertiary/aromatic N) is 6. The predicted molar refractivity (Wildman–Crippen MR) is 119 cm³/mol. The topological polar surface area (TPSA) is 38.7 Å². The van der Waals surface area contributed by atoms with E-state index in [0.717, 1.165) is 31.5 Å². The van der Waals surface area contributed by atoms with Gasteiger partial charge in [0.1, 0.15) is 0 Å². The molecule has 162 valence electrons. The van der Waals surface area contributed by atoms with Gasteiger partial charge in [0.15, 0.2) is 0 Å². The molecule has 1 aromatic heterocycles. The van der Waals surface area contributed by atoms with Crippen molar-refractivity contribution < 1.29 is 0 Å². The van der Waals surface area contributed by atoms with E-state index >= 15 is 0 Å². The summed E-state index contributed by atoms with van der Waals surface area (Å²) < 4.78 is 0. The number of aromatic nitrogens is 2. The minimum atomic E-state index is 0.602. The first-order chi connectivity index (χ1) is 14.1. The van der Waals surface area contributed by atoms with Crippen LogP contribution in [0, 0.1) is 5.92 Å². The van der Waals surface area contributed by atoms with E-state index in [2.05, 4.69) is 52.8 Å². The Bertz CT molecular complexity index is 611. The largest absolute Gasteiger partial charge is 0.332 e. The van der Waals surface area contributed by atoms with Gasteiger partial charge in [0.25, 0.3) is 0 Å². The van der Waals surface area contributed by atoms with Crippen LogP contribution in [0.15, 0.2) is 12.4 Å². The summed E-state index contributed by atoms with van der Waals surface area (Å²) in [7, 11) is 0. The number of hydrogen-bond acceptors (Lipinski definition) is 6. The van der Waals surface area contributed by atoms with E-state index in [-0.39, 0.29) is 0 Å². The lowest BCUT2D eigenvalue weighted by atomic mass is 10.1. The van der Waals surface area contributed by atoms with E-state index in [1.807, 2.05) is 0 Å². The van der Waals surface area contributed by atoms with Gasteiger partial charge in [0.05, 0.1) is 0 Å². The standard InChI is InChI=1S/C23H40N6/c1-4-8-28-17-21-5-6-22(18-28)29(21)23-24-14-20(15-25-23)16-27-12-10-26(11-13-27)9-7-19(2)3/h14-15,19,21-22H,4-13,16-18H2,1-3H3. The van der Waals surface area contributed by atoms with Crippen LogP contribution in [0.4, 0.5) is 5.95 Å². The van der Waals surface area contributed by atoms with Crippen molar-refractivity contribution in [1.82, 2.24) is 24.7 Å². The van der Waals surface area contributed by atoms with Crippen molar-refractivity contribution >= 4 is 5.95 Å². The van der Waals surface area contributed by atoms with Crippen molar-refractivity contribution in [2.45, 2.75) is 65.1 Å². The summed E-state index contributed by atoms with van der Waals surface area (Å²) in [6.07, 6.45) is 9.28. The monoisotopic (exact) mass is 400 g/mol. The van der Waals surface area contributed by atoms with E-state index in [0.29, 0.717) is 12.1 Å². The van der Waals surface area contributed by atoms with Gasteiger partial charge < -0.3 is 9.80 Å². The van der Waals surface area contributed by atoms with Crippen LogP contribution >= 0.6 is 0 Å². The SMILES string of the molecule is CCCN1CC2CCC(C1)N2c1ncc(CN2CCN(CCC(C)C)CC2)cn1. The average Bonchev–Trinajstić information content (AvgIpc) is 2.98. The average molecular weight is 401 g/mol. The van der Waals surface area contributed by atoms with E-state index in [4.69, 9.17) is 9.97 Å². The summed E-state index contributed by atoms with van der Waals surface area (Å²) in [4.78, 5) is 19.9. The number of fused-ring (bicyclic) bond motifs is 2. The second kappa shape index (κ2) is 9.71. The lowest BCUT2D eigenvalue weighted by Gasteiger charge is -2.41. The molecule has 0 amide bonds. The predicted octanol–water partition coefficient (Wildman–Crippen LogP) is 2.70. The molecule has 0 radical (unpaired) electrons. The molecule has 2 bridgehead atoms. The third-order valence-electron chi connectivity index (χ3n) is 6.91. The van der Waals surface area contributed by atoms with E-state index in [1.54, 1.807) is 0 Å². The molecule has 29 heavy (non-hydrogen) atoms. The van der Waals surface area contributed by atoms with E-state index in [1.165, 1.54) is 70.5 Å². The number of anilines is 1. The molecule has 3 aliphatic rings. The summed E-state index contributed by atoms with van der Waals surface area (Å²) in [5.74, 6) is 1.75. The Morgan fingerprint density at radius 1 is 0.897 bits per heavy atom. The fraction of sp³-hybridized carbons (Fsp3) is 0.826. The highest BCUT2D eigenvalue weighted by Gasteiger charge is 2.40. The molecule has 0 aromatic carbocycles. The zero-order valence-electron chi connectivity index (χ0n) is 18.8. The number of hydrogen-bond donors (Lipinski definition) is 0. The molecule has 2 unspecified atom stereocenters. The summed E-state index contributed by atoms with van der Waals surface area (Å²) in [5, 5.41) is 0. The Hall–Kier alpha value is -1.24. The zero-order chi connectivity index (χ0) is 20.2. The molecule has 0 spiro atoms. The molecule has 6 nitrogen and oxygen atoms in total. The highest BCUT2D eigenvalue weighted by Crippen LogP contribution is 2.32. The lowest BCUT2D eigenvalue weighted by molar-refractivity contribution is 0.123. The Morgan fingerprint density at radius 3 is 2.10 bits per heavy atom. The van der Waals surface area contributed by atoms with Gasteiger partial charge in [-0.2, -0.15) is 0 Å². The van der Waals surface area contributed by atoms with Crippen LogP contribution in [0.25, 0.3) is 0 Å². The van der Waals surface area contributed by atoms with Gasteiger partial charge in [-0.3, -0.25) is 9.80 Å². The number of rotatable bonds is 8. The fourth-order valence-electron chi connectivity index (χ4n) is 5.25. The molecule has 3 fully saturated rings. The molecule has 0 N–H and O–H groups in total. The normalized spacial score (nSPS) is 26.6. The maximum Gasteiger partial charge on any atom is 0.225 e. The first kappa shape index (κ1) is 21.0. The van der Waals surface area contributed by atoms with Gasteiger partial charge in [0, 0.05) is 75.9 Å². The van der Waals surface area contributed by atoms with Crippen molar-refractivity contribution in [3.63, 3.8) is 0 Å². The number of piperazine rings is 2. The van der Waals surface area contributed by atoms with Gasteiger partial charge in [-0.25, -0.2) is 9.97 Å². The molecule has 6 heteroatoms. The fourth-order valence-corrected chi connectivity index (χ4v) is 5.25. The molecule has 0 aliphatic carbocycles. The smallest absolute Gasteiger partial charge is 0.225 e. The van der Waals surface area contributed by atoms with Gasteiger partial charge in [-0.1, -0.05) is 20.8 Å². The van der Waals surface area contributed by atoms with E-state index in [9.17, 15) is 0 Å².